The van der Waals surface area contributed by atoms with Crippen LogP contribution in [0.15, 0.2) is 36.4 Å². The van der Waals surface area contributed by atoms with Crippen LogP contribution >= 0.6 is 0 Å². The first-order valence-electron chi connectivity index (χ1n) is 7.42. The molecule has 0 bridgehead atoms. The molecule has 7 heteroatoms. The van der Waals surface area contributed by atoms with Gasteiger partial charge in [-0.05, 0) is 30.2 Å². The number of halogens is 3. The minimum atomic E-state index is -1.63. The Bertz CT molecular complexity index is 723. The minimum absolute atomic E-state index is 0.162. The van der Waals surface area contributed by atoms with Crippen LogP contribution < -0.4 is 15.4 Å². The molecule has 0 unspecified atom stereocenters. The van der Waals surface area contributed by atoms with Crippen LogP contribution in [0.1, 0.15) is 12.5 Å². The van der Waals surface area contributed by atoms with Crippen molar-refractivity contribution in [2.75, 3.05) is 18.5 Å². The molecule has 2 aromatic rings. The zero-order valence-electron chi connectivity index (χ0n) is 13.0. The lowest BCUT2D eigenvalue weighted by Crippen LogP contribution is -2.32. The van der Waals surface area contributed by atoms with Crippen LogP contribution in [0.5, 0.6) is 5.75 Å². The van der Waals surface area contributed by atoms with Crippen molar-refractivity contribution in [2.24, 2.45) is 0 Å². The van der Waals surface area contributed by atoms with Crippen molar-refractivity contribution >= 4 is 11.7 Å². The van der Waals surface area contributed by atoms with E-state index in [2.05, 4.69) is 10.6 Å². The Kier molecular flexibility index (Phi) is 6.06. The van der Waals surface area contributed by atoms with Gasteiger partial charge in [-0.2, -0.15) is 0 Å². The Labute approximate surface area is 137 Å². The number of carbonyl (C=O) groups is 1. The fourth-order valence-corrected chi connectivity index (χ4v) is 2.05. The van der Waals surface area contributed by atoms with Gasteiger partial charge in [0.15, 0.2) is 17.5 Å². The van der Waals surface area contributed by atoms with Crippen LogP contribution in [0.3, 0.4) is 0 Å². The van der Waals surface area contributed by atoms with E-state index in [-0.39, 0.29) is 13.2 Å². The maximum Gasteiger partial charge on any atom is 0.319 e. The van der Waals surface area contributed by atoms with Crippen molar-refractivity contribution in [3.8, 4) is 5.75 Å². The van der Waals surface area contributed by atoms with E-state index in [1.54, 1.807) is 0 Å². The molecule has 4 nitrogen and oxygen atoms in total. The molecule has 0 aliphatic carbocycles. The summed E-state index contributed by atoms with van der Waals surface area (Å²) in [6, 6.07) is 8.47. The van der Waals surface area contributed by atoms with Gasteiger partial charge in [0.1, 0.15) is 12.4 Å². The Hall–Kier alpha value is -2.70. The van der Waals surface area contributed by atoms with Crippen molar-refractivity contribution in [1.29, 1.82) is 0 Å². The second-order valence-electron chi connectivity index (χ2n) is 4.91. The lowest BCUT2D eigenvalue weighted by molar-refractivity contribution is 0.247. The molecule has 0 radical (unpaired) electrons. The molecule has 128 valence electrons. The summed E-state index contributed by atoms with van der Waals surface area (Å²) in [5, 5.41) is 4.55. The second kappa shape index (κ2) is 8.24. The summed E-state index contributed by atoms with van der Waals surface area (Å²) < 4.78 is 44.9. The highest BCUT2D eigenvalue weighted by molar-refractivity contribution is 5.89. The molecule has 2 N–H and O–H groups in total. The van der Waals surface area contributed by atoms with Gasteiger partial charge in [0.2, 0.25) is 0 Å². The van der Waals surface area contributed by atoms with E-state index in [4.69, 9.17) is 4.74 Å². The van der Waals surface area contributed by atoms with Crippen molar-refractivity contribution in [3.63, 3.8) is 0 Å². The van der Waals surface area contributed by atoms with E-state index >= 15 is 0 Å². The number of anilines is 1. The largest absolute Gasteiger partial charge is 0.491 e. The summed E-state index contributed by atoms with van der Waals surface area (Å²) in [7, 11) is 0. The highest BCUT2D eigenvalue weighted by atomic mass is 19.2. The molecule has 0 saturated heterocycles. The van der Waals surface area contributed by atoms with Gasteiger partial charge in [-0.25, -0.2) is 18.0 Å². The van der Waals surface area contributed by atoms with Crippen molar-refractivity contribution in [1.82, 2.24) is 5.32 Å². The first kappa shape index (κ1) is 17.7. The van der Waals surface area contributed by atoms with Gasteiger partial charge in [-0.15, -0.1) is 0 Å². The third-order valence-corrected chi connectivity index (χ3v) is 3.28. The van der Waals surface area contributed by atoms with E-state index in [0.717, 1.165) is 29.9 Å². The number of benzene rings is 2. The minimum Gasteiger partial charge on any atom is -0.491 e. The fraction of sp³-hybridized carbons (Fsp3) is 0.235. The molecular formula is C17H17F3N2O2. The molecule has 24 heavy (non-hydrogen) atoms. The third-order valence-electron chi connectivity index (χ3n) is 3.28. The van der Waals surface area contributed by atoms with Crippen molar-refractivity contribution < 1.29 is 22.7 Å². The van der Waals surface area contributed by atoms with Crippen LogP contribution in [0.25, 0.3) is 0 Å². The van der Waals surface area contributed by atoms with E-state index in [0.29, 0.717) is 0 Å². The van der Waals surface area contributed by atoms with Gasteiger partial charge in [0, 0.05) is 0 Å². The van der Waals surface area contributed by atoms with E-state index in [1.807, 2.05) is 31.2 Å². The Morgan fingerprint density at radius 3 is 2.58 bits per heavy atom. The summed E-state index contributed by atoms with van der Waals surface area (Å²) >= 11 is 0. The summed E-state index contributed by atoms with van der Waals surface area (Å²) in [4.78, 5) is 11.6. The Morgan fingerprint density at radius 1 is 1.08 bits per heavy atom. The molecule has 2 aromatic carbocycles. The monoisotopic (exact) mass is 338 g/mol. The molecule has 0 spiro atoms. The second-order valence-corrected chi connectivity index (χ2v) is 4.91. The lowest BCUT2D eigenvalue weighted by atomic mass is 10.1. The summed E-state index contributed by atoms with van der Waals surface area (Å²) in [6.07, 6.45) is 0.819. The number of hydrogen-bond donors (Lipinski definition) is 2. The number of hydrogen-bond acceptors (Lipinski definition) is 2. The van der Waals surface area contributed by atoms with Crippen molar-refractivity contribution in [2.45, 2.75) is 13.3 Å². The van der Waals surface area contributed by atoms with E-state index < -0.39 is 29.2 Å². The molecular weight excluding hydrogens is 321 g/mol. The molecule has 2 rings (SSSR count). The topological polar surface area (TPSA) is 50.4 Å². The first-order chi connectivity index (χ1) is 11.5. The maximum absolute atomic E-state index is 13.4. The van der Waals surface area contributed by atoms with Crippen LogP contribution in [-0.2, 0) is 6.42 Å². The van der Waals surface area contributed by atoms with Crippen LogP contribution in [-0.4, -0.2) is 19.2 Å². The SMILES string of the molecule is CCc1ccccc1OCCNC(=O)Nc1ccc(F)c(F)c1F. The standard InChI is InChI=1S/C17H17F3N2O2/c1-2-11-5-3-4-6-14(11)24-10-9-21-17(23)22-13-8-7-12(18)15(19)16(13)20/h3-8H,2,9-10H2,1H3,(H2,21,22,23). The zero-order chi connectivity index (χ0) is 17.5. The molecule has 0 aromatic heterocycles. The summed E-state index contributed by atoms with van der Waals surface area (Å²) in [5.41, 5.74) is 0.606. The normalized spacial score (nSPS) is 10.3. The average Bonchev–Trinajstić information content (AvgIpc) is 2.59. The van der Waals surface area contributed by atoms with Gasteiger partial charge < -0.3 is 15.4 Å². The summed E-state index contributed by atoms with van der Waals surface area (Å²) in [5.74, 6) is -3.67. The number of ether oxygens (including phenoxy) is 1. The zero-order valence-corrected chi connectivity index (χ0v) is 13.0. The number of rotatable bonds is 6. The van der Waals surface area contributed by atoms with E-state index in [9.17, 15) is 18.0 Å². The number of nitrogens with one attached hydrogen (secondary N) is 2. The Balaban J connectivity index is 1.81. The molecule has 0 aliphatic rings. The average molecular weight is 338 g/mol. The number of para-hydroxylation sites is 1. The molecule has 0 heterocycles. The number of amides is 2. The molecule has 0 aliphatic heterocycles. The predicted octanol–water partition coefficient (Wildman–Crippen LogP) is 3.87. The van der Waals surface area contributed by atoms with Crippen LogP contribution in [0, 0.1) is 17.5 Å². The smallest absolute Gasteiger partial charge is 0.319 e. The van der Waals surface area contributed by atoms with Gasteiger partial charge in [0.25, 0.3) is 0 Å². The quantitative estimate of drug-likeness (QED) is 0.621. The molecule has 2 amide bonds. The van der Waals surface area contributed by atoms with Gasteiger partial charge in [-0.1, -0.05) is 25.1 Å². The molecule has 0 atom stereocenters. The predicted molar refractivity (Wildman–Crippen MR) is 84.7 cm³/mol. The molecule has 0 fully saturated rings. The van der Waals surface area contributed by atoms with E-state index in [1.165, 1.54) is 0 Å². The number of aryl methyl sites for hydroxylation is 1. The van der Waals surface area contributed by atoms with Crippen molar-refractivity contribution in [3.05, 3.63) is 59.4 Å². The first-order valence-corrected chi connectivity index (χ1v) is 7.42. The van der Waals surface area contributed by atoms with Crippen LogP contribution in [0.2, 0.25) is 0 Å². The maximum atomic E-state index is 13.4. The van der Waals surface area contributed by atoms with Crippen LogP contribution in [0.4, 0.5) is 23.7 Å². The highest BCUT2D eigenvalue weighted by Crippen LogP contribution is 2.19. The lowest BCUT2D eigenvalue weighted by Gasteiger charge is -2.12. The Morgan fingerprint density at radius 2 is 1.83 bits per heavy atom. The third kappa shape index (κ3) is 4.41. The number of carbonyl (C=O) groups excluding carboxylic acids is 1. The molecule has 0 saturated carbocycles. The fourth-order valence-electron chi connectivity index (χ4n) is 2.05. The van der Waals surface area contributed by atoms with Gasteiger partial charge in [-0.3, -0.25) is 0 Å². The van der Waals surface area contributed by atoms with Gasteiger partial charge in [0.05, 0.1) is 12.2 Å². The highest BCUT2D eigenvalue weighted by Gasteiger charge is 2.14. The number of urea groups is 1. The van der Waals surface area contributed by atoms with Gasteiger partial charge >= 0.3 is 6.03 Å². The summed E-state index contributed by atoms with van der Waals surface area (Å²) in [6.45, 7) is 2.38.